The molecular weight excluding hydrogens is 322 g/mol. The molecule has 0 spiro atoms. The fourth-order valence-electron chi connectivity index (χ4n) is 3.35. The summed E-state index contributed by atoms with van der Waals surface area (Å²) < 4.78 is 10.6. The molecule has 3 atom stereocenters. The zero-order chi connectivity index (χ0) is 17.8. The minimum atomic E-state index is -0.890. The van der Waals surface area contributed by atoms with E-state index in [2.05, 4.69) is 0 Å². The van der Waals surface area contributed by atoms with E-state index in [-0.39, 0.29) is 36.8 Å². The number of amides is 2. The van der Waals surface area contributed by atoms with E-state index in [0.717, 1.165) is 11.3 Å². The van der Waals surface area contributed by atoms with Crippen molar-refractivity contribution in [1.29, 1.82) is 0 Å². The fourth-order valence-corrected chi connectivity index (χ4v) is 3.35. The molecule has 3 rings (SSSR count). The normalized spacial score (nSPS) is 23.7. The number of allylic oxidation sites excluding steroid dienone is 2. The topological polar surface area (TPSA) is 76.1 Å². The van der Waals surface area contributed by atoms with Crippen LogP contribution in [0.15, 0.2) is 36.4 Å². The van der Waals surface area contributed by atoms with Crippen molar-refractivity contribution in [3.05, 3.63) is 42.0 Å². The first-order valence-corrected chi connectivity index (χ1v) is 8.49. The number of hydrogen-bond acceptors (Lipinski definition) is 5. The Morgan fingerprint density at radius 1 is 1.12 bits per heavy atom. The quantitative estimate of drug-likeness (QED) is 0.599. The molecule has 0 radical (unpaired) electrons. The van der Waals surface area contributed by atoms with E-state index in [9.17, 15) is 14.7 Å². The van der Waals surface area contributed by atoms with Crippen LogP contribution in [0.3, 0.4) is 0 Å². The van der Waals surface area contributed by atoms with Crippen molar-refractivity contribution in [3.8, 4) is 5.75 Å². The van der Waals surface area contributed by atoms with Gasteiger partial charge in [-0.05, 0) is 30.5 Å². The number of rotatable bonds is 7. The number of aliphatic hydroxyl groups excluding tert-OH is 1. The van der Waals surface area contributed by atoms with Crippen LogP contribution in [0.5, 0.6) is 5.75 Å². The number of carbonyl (C=O) groups excluding carboxylic acids is 2. The Kier molecular flexibility index (Phi) is 5.50. The molecule has 1 aromatic carbocycles. The molecule has 0 unspecified atom stereocenters. The van der Waals surface area contributed by atoms with Gasteiger partial charge in [0.15, 0.2) is 0 Å². The van der Waals surface area contributed by atoms with Crippen molar-refractivity contribution in [2.24, 2.45) is 11.8 Å². The predicted octanol–water partition coefficient (Wildman–Crippen LogP) is 1.52. The van der Waals surface area contributed by atoms with E-state index in [1.54, 1.807) is 7.11 Å². The molecule has 25 heavy (non-hydrogen) atoms. The molecule has 0 bridgehead atoms. The van der Waals surface area contributed by atoms with Crippen molar-refractivity contribution in [2.75, 3.05) is 20.3 Å². The zero-order valence-electron chi connectivity index (χ0n) is 14.3. The minimum Gasteiger partial charge on any atom is -0.497 e. The standard InChI is InChI=1S/C19H23NO5/c1-24-15-8-6-13(7-9-15)11-25-12-14(21)10-20-18(22)16-4-2-3-5-17(16)19(20)23/h2-3,6-9,14,16-17,21H,4-5,10-12H2,1H3/t14-,16-,17-/m1/s1. The van der Waals surface area contributed by atoms with Crippen LogP contribution in [0.4, 0.5) is 0 Å². The van der Waals surface area contributed by atoms with Gasteiger partial charge in [0.1, 0.15) is 5.75 Å². The van der Waals surface area contributed by atoms with Crippen LogP contribution in [0, 0.1) is 11.8 Å². The van der Waals surface area contributed by atoms with Gasteiger partial charge in [-0.1, -0.05) is 24.3 Å². The maximum atomic E-state index is 12.3. The lowest BCUT2D eigenvalue weighted by Gasteiger charge is -2.19. The maximum absolute atomic E-state index is 12.3. The molecule has 1 aliphatic carbocycles. The van der Waals surface area contributed by atoms with Crippen LogP contribution >= 0.6 is 0 Å². The third kappa shape index (κ3) is 3.91. The molecule has 2 amide bonds. The summed E-state index contributed by atoms with van der Waals surface area (Å²) in [6, 6.07) is 7.45. The summed E-state index contributed by atoms with van der Waals surface area (Å²) in [4.78, 5) is 25.9. The monoisotopic (exact) mass is 345 g/mol. The number of aliphatic hydroxyl groups is 1. The molecule has 1 aromatic rings. The highest BCUT2D eigenvalue weighted by Gasteiger charge is 2.47. The highest BCUT2D eigenvalue weighted by Crippen LogP contribution is 2.35. The lowest BCUT2D eigenvalue weighted by molar-refractivity contribution is -0.142. The maximum Gasteiger partial charge on any atom is 0.233 e. The average Bonchev–Trinajstić information content (AvgIpc) is 2.88. The van der Waals surface area contributed by atoms with Gasteiger partial charge < -0.3 is 14.6 Å². The molecule has 1 heterocycles. The van der Waals surface area contributed by atoms with E-state index >= 15 is 0 Å². The summed E-state index contributed by atoms with van der Waals surface area (Å²) in [5, 5.41) is 10.1. The van der Waals surface area contributed by atoms with Gasteiger partial charge in [0, 0.05) is 0 Å². The number of hydrogen-bond donors (Lipinski definition) is 1. The number of likely N-dealkylation sites (tertiary alicyclic amines) is 1. The van der Waals surface area contributed by atoms with E-state index in [1.807, 2.05) is 36.4 Å². The van der Waals surface area contributed by atoms with Gasteiger partial charge in [-0.3, -0.25) is 14.5 Å². The minimum absolute atomic E-state index is 0.00667. The highest BCUT2D eigenvalue weighted by molar-refractivity contribution is 6.05. The molecule has 1 fully saturated rings. The van der Waals surface area contributed by atoms with E-state index in [4.69, 9.17) is 9.47 Å². The SMILES string of the molecule is COc1ccc(COC[C@H](O)CN2C(=O)[C@@H]3CC=CC[C@H]3C2=O)cc1. The Morgan fingerprint density at radius 3 is 2.28 bits per heavy atom. The van der Waals surface area contributed by atoms with Gasteiger partial charge in [-0.25, -0.2) is 0 Å². The third-order valence-electron chi connectivity index (χ3n) is 4.73. The Balaban J connectivity index is 1.46. The molecule has 0 aromatic heterocycles. The summed E-state index contributed by atoms with van der Waals surface area (Å²) in [6.07, 6.45) is 4.22. The second kappa shape index (κ2) is 7.80. The summed E-state index contributed by atoms with van der Waals surface area (Å²) in [7, 11) is 1.61. The van der Waals surface area contributed by atoms with Crippen LogP contribution in [0.25, 0.3) is 0 Å². The molecule has 2 aliphatic rings. The van der Waals surface area contributed by atoms with Gasteiger partial charge in [-0.15, -0.1) is 0 Å². The van der Waals surface area contributed by atoms with Crippen LogP contribution < -0.4 is 4.74 Å². The number of nitrogens with zero attached hydrogens (tertiary/aromatic N) is 1. The van der Waals surface area contributed by atoms with Gasteiger partial charge >= 0.3 is 0 Å². The summed E-state index contributed by atoms with van der Waals surface area (Å²) in [5.74, 6) is -0.0947. The number of imide groups is 1. The second-order valence-electron chi connectivity index (χ2n) is 6.46. The summed E-state index contributed by atoms with van der Waals surface area (Å²) >= 11 is 0. The van der Waals surface area contributed by atoms with E-state index in [1.165, 1.54) is 4.90 Å². The average molecular weight is 345 g/mol. The number of ether oxygens (including phenoxy) is 2. The van der Waals surface area contributed by atoms with Crippen molar-refractivity contribution < 1.29 is 24.2 Å². The van der Waals surface area contributed by atoms with Crippen LogP contribution in [-0.2, 0) is 20.9 Å². The van der Waals surface area contributed by atoms with E-state index in [0.29, 0.717) is 19.4 Å². The number of carbonyl (C=O) groups is 2. The number of benzene rings is 1. The Morgan fingerprint density at radius 2 is 1.72 bits per heavy atom. The second-order valence-corrected chi connectivity index (χ2v) is 6.46. The van der Waals surface area contributed by atoms with Gasteiger partial charge in [0.25, 0.3) is 0 Å². The largest absolute Gasteiger partial charge is 0.497 e. The fraction of sp³-hybridized carbons (Fsp3) is 0.474. The van der Waals surface area contributed by atoms with Crippen molar-refractivity contribution in [1.82, 2.24) is 4.90 Å². The summed E-state index contributed by atoms with van der Waals surface area (Å²) in [6.45, 7) is 0.405. The summed E-state index contributed by atoms with van der Waals surface area (Å²) in [5.41, 5.74) is 0.957. The Hall–Kier alpha value is -2.18. The molecule has 1 saturated heterocycles. The van der Waals surface area contributed by atoms with Gasteiger partial charge in [0.05, 0.1) is 44.8 Å². The Bertz CT molecular complexity index is 628. The molecule has 0 saturated carbocycles. The van der Waals surface area contributed by atoms with Gasteiger partial charge in [-0.2, -0.15) is 0 Å². The molecule has 1 aliphatic heterocycles. The molecule has 134 valence electrons. The number of fused-ring (bicyclic) bond motifs is 1. The van der Waals surface area contributed by atoms with Gasteiger partial charge in [0.2, 0.25) is 11.8 Å². The van der Waals surface area contributed by atoms with Crippen molar-refractivity contribution in [2.45, 2.75) is 25.6 Å². The first-order valence-electron chi connectivity index (χ1n) is 8.49. The number of methoxy groups -OCH3 is 1. The lowest BCUT2D eigenvalue weighted by Crippen LogP contribution is -2.39. The zero-order valence-corrected chi connectivity index (χ0v) is 14.3. The van der Waals surface area contributed by atoms with Crippen molar-refractivity contribution >= 4 is 11.8 Å². The third-order valence-corrected chi connectivity index (χ3v) is 4.73. The van der Waals surface area contributed by atoms with E-state index < -0.39 is 6.10 Å². The predicted molar refractivity (Wildman–Crippen MR) is 90.7 cm³/mol. The first kappa shape index (κ1) is 17.6. The van der Waals surface area contributed by atoms with Crippen LogP contribution in [0.1, 0.15) is 18.4 Å². The first-order chi connectivity index (χ1) is 12.1. The smallest absolute Gasteiger partial charge is 0.233 e. The number of β-amino-alcohol motifs (C(OH)–C–C–N with tert-alkyl or cyclic N) is 1. The Labute approximate surface area is 147 Å². The molecule has 6 nitrogen and oxygen atoms in total. The van der Waals surface area contributed by atoms with Crippen LogP contribution in [0.2, 0.25) is 0 Å². The lowest BCUT2D eigenvalue weighted by atomic mass is 9.85. The molecule has 6 heteroatoms. The molecular formula is C19H23NO5. The highest BCUT2D eigenvalue weighted by atomic mass is 16.5. The van der Waals surface area contributed by atoms with Crippen molar-refractivity contribution in [3.63, 3.8) is 0 Å². The molecule has 1 N–H and O–H groups in total. The van der Waals surface area contributed by atoms with Crippen LogP contribution in [-0.4, -0.2) is 48.2 Å².